The third-order valence-electron chi connectivity index (χ3n) is 3.40. The van der Waals surface area contributed by atoms with Crippen molar-refractivity contribution >= 4 is 11.6 Å². The molecule has 0 unspecified atom stereocenters. The Morgan fingerprint density at radius 1 is 1.42 bits per heavy atom. The largest absolute Gasteiger partial charge is 0.330 e. The highest BCUT2D eigenvalue weighted by Gasteiger charge is 2.12. The number of amides is 1. The van der Waals surface area contributed by atoms with Crippen LogP contribution in [0.1, 0.15) is 21.6 Å². The van der Waals surface area contributed by atoms with E-state index in [2.05, 4.69) is 21.7 Å². The summed E-state index contributed by atoms with van der Waals surface area (Å²) in [6, 6.07) is 6.09. The van der Waals surface area contributed by atoms with Gasteiger partial charge in [0.25, 0.3) is 5.91 Å². The summed E-state index contributed by atoms with van der Waals surface area (Å²) in [5.74, 6) is -0.135. The first-order chi connectivity index (χ1) is 9.24. The molecule has 0 saturated carbocycles. The molecule has 1 aromatic heterocycles. The zero-order valence-corrected chi connectivity index (χ0v) is 10.8. The fraction of sp³-hybridized carbons (Fsp3) is 0.286. The van der Waals surface area contributed by atoms with Crippen LogP contribution in [-0.2, 0) is 20.0 Å². The number of fused-ring (bicyclic) bond motifs is 1. The number of nitrogens with zero attached hydrogens (tertiary/aromatic N) is 2. The van der Waals surface area contributed by atoms with Crippen molar-refractivity contribution in [3.8, 4) is 0 Å². The quantitative estimate of drug-likeness (QED) is 0.852. The van der Waals surface area contributed by atoms with Crippen molar-refractivity contribution in [2.24, 2.45) is 7.05 Å². The number of benzene rings is 1. The second-order valence-electron chi connectivity index (χ2n) is 4.75. The molecule has 2 N–H and O–H groups in total. The first-order valence-corrected chi connectivity index (χ1v) is 6.34. The molecular weight excluding hydrogens is 240 g/mol. The topological polar surface area (TPSA) is 59.0 Å². The van der Waals surface area contributed by atoms with Gasteiger partial charge in [-0.3, -0.25) is 4.79 Å². The van der Waals surface area contributed by atoms with E-state index in [4.69, 9.17) is 0 Å². The SMILES string of the molecule is Cn1cncc1C(=O)Nc1ccc2c(c1)CNCC2. The van der Waals surface area contributed by atoms with E-state index in [9.17, 15) is 4.79 Å². The lowest BCUT2D eigenvalue weighted by Crippen LogP contribution is -2.24. The summed E-state index contributed by atoms with van der Waals surface area (Å²) >= 11 is 0. The van der Waals surface area contributed by atoms with Crippen LogP contribution in [0.3, 0.4) is 0 Å². The molecule has 1 aliphatic heterocycles. The molecule has 0 saturated heterocycles. The third-order valence-corrected chi connectivity index (χ3v) is 3.40. The van der Waals surface area contributed by atoms with E-state index in [1.54, 1.807) is 24.1 Å². The molecule has 5 heteroatoms. The van der Waals surface area contributed by atoms with E-state index in [1.165, 1.54) is 11.1 Å². The lowest BCUT2D eigenvalue weighted by molar-refractivity contribution is 0.101. The number of carbonyl (C=O) groups is 1. The van der Waals surface area contributed by atoms with Crippen molar-refractivity contribution in [2.45, 2.75) is 13.0 Å². The minimum atomic E-state index is -0.135. The zero-order valence-electron chi connectivity index (χ0n) is 10.8. The van der Waals surface area contributed by atoms with Gasteiger partial charge in [-0.2, -0.15) is 0 Å². The molecule has 5 nitrogen and oxygen atoms in total. The average Bonchev–Trinajstić information content (AvgIpc) is 2.85. The molecule has 2 aromatic rings. The number of aromatic nitrogens is 2. The van der Waals surface area contributed by atoms with Gasteiger partial charge in [0.2, 0.25) is 0 Å². The molecule has 0 atom stereocenters. The minimum Gasteiger partial charge on any atom is -0.330 e. The number of imidazole rings is 1. The Balaban J connectivity index is 1.80. The fourth-order valence-electron chi connectivity index (χ4n) is 2.33. The first-order valence-electron chi connectivity index (χ1n) is 6.34. The summed E-state index contributed by atoms with van der Waals surface area (Å²) in [6.07, 6.45) is 4.23. The lowest BCUT2D eigenvalue weighted by atomic mass is 10.0. The number of hydrogen-bond donors (Lipinski definition) is 2. The van der Waals surface area contributed by atoms with E-state index in [0.717, 1.165) is 25.2 Å². The predicted molar refractivity (Wildman–Crippen MR) is 73.0 cm³/mol. The van der Waals surface area contributed by atoms with Crippen LogP contribution in [0.4, 0.5) is 5.69 Å². The van der Waals surface area contributed by atoms with E-state index in [1.807, 2.05) is 12.1 Å². The molecule has 0 bridgehead atoms. The van der Waals surface area contributed by atoms with E-state index >= 15 is 0 Å². The van der Waals surface area contributed by atoms with Crippen molar-refractivity contribution in [1.82, 2.24) is 14.9 Å². The van der Waals surface area contributed by atoms with Crippen LogP contribution in [0.15, 0.2) is 30.7 Å². The van der Waals surface area contributed by atoms with E-state index in [0.29, 0.717) is 5.69 Å². The summed E-state index contributed by atoms with van der Waals surface area (Å²) in [5.41, 5.74) is 4.00. The Hall–Kier alpha value is -2.14. The van der Waals surface area contributed by atoms with Gasteiger partial charge in [0.05, 0.1) is 12.5 Å². The summed E-state index contributed by atoms with van der Waals surface area (Å²) < 4.78 is 1.70. The van der Waals surface area contributed by atoms with Crippen LogP contribution in [0.2, 0.25) is 0 Å². The van der Waals surface area contributed by atoms with Gasteiger partial charge in [-0.1, -0.05) is 6.07 Å². The van der Waals surface area contributed by atoms with Gasteiger partial charge in [-0.05, 0) is 36.2 Å². The van der Waals surface area contributed by atoms with Crippen LogP contribution in [0.25, 0.3) is 0 Å². The maximum atomic E-state index is 12.1. The molecule has 1 aromatic carbocycles. The first kappa shape index (κ1) is 11.9. The number of hydrogen-bond acceptors (Lipinski definition) is 3. The number of carbonyl (C=O) groups excluding carboxylic acids is 1. The van der Waals surface area contributed by atoms with Crippen LogP contribution in [0, 0.1) is 0 Å². The summed E-state index contributed by atoms with van der Waals surface area (Å²) in [5, 5.41) is 6.24. The van der Waals surface area contributed by atoms with E-state index in [-0.39, 0.29) is 5.91 Å². The van der Waals surface area contributed by atoms with Crippen molar-refractivity contribution in [1.29, 1.82) is 0 Å². The molecule has 19 heavy (non-hydrogen) atoms. The molecular formula is C14H16N4O. The zero-order chi connectivity index (χ0) is 13.2. The normalized spacial score (nSPS) is 13.9. The maximum Gasteiger partial charge on any atom is 0.273 e. The summed E-state index contributed by atoms with van der Waals surface area (Å²) in [7, 11) is 1.80. The molecule has 0 fully saturated rings. The van der Waals surface area contributed by atoms with Crippen LogP contribution in [0.5, 0.6) is 0 Å². The van der Waals surface area contributed by atoms with Crippen molar-refractivity contribution in [3.05, 3.63) is 47.5 Å². The minimum absolute atomic E-state index is 0.135. The molecule has 0 radical (unpaired) electrons. The number of rotatable bonds is 2. The number of aryl methyl sites for hydroxylation is 1. The van der Waals surface area contributed by atoms with Gasteiger partial charge < -0.3 is 15.2 Å². The van der Waals surface area contributed by atoms with E-state index < -0.39 is 0 Å². The number of nitrogens with one attached hydrogen (secondary N) is 2. The van der Waals surface area contributed by atoms with Gasteiger partial charge in [-0.15, -0.1) is 0 Å². The second kappa shape index (κ2) is 4.85. The number of anilines is 1. The lowest BCUT2D eigenvalue weighted by Gasteiger charge is -2.18. The van der Waals surface area contributed by atoms with Crippen LogP contribution >= 0.6 is 0 Å². The third kappa shape index (κ3) is 2.37. The van der Waals surface area contributed by atoms with Crippen LogP contribution < -0.4 is 10.6 Å². The molecule has 2 heterocycles. The average molecular weight is 256 g/mol. The predicted octanol–water partition coefficient (Wildman–Crippen LogP) is 1.32. The van der Waals surface area contributed by atoms with Gasteiger partial charge in [-0.25, -0.2) is 4.98 Å². The monoisotopic (exact) mass is 256 g/mol. The maximum absolute atomic E-state index is 12.1. The standard InChI is InChI=1S/C14H16N4O/c1-18-9-16-8-13(18)14(19)17-12-3-2-10-4-5-15-7-11(10)6-12/h2-3,6,8-9,15H,4-5,7H2,1H3,(H,17,19). The molecule has 0 spiro atoms. The molecule has 1 aliphatic rings. The molecule has 0 aliphatic carbocycles. The highest BCUT2D eigenvalue weighted by atomic mass is 16.1. The smallest absolute Gasteiger partial charge is 0.273 e. The van der Waals surface area contributed by atoms with Crippen molar-refractivity contribution in [3.63, 3.8) is 0 Å². The molecule has 3 rings (SSSR count). The van der Waals surface area contributed by atoms with Gasteiger partial charge in [0, 0.05) is 19.3 Å². The fourth-order valence-corrected chi connectivity index (χ4v) is 2.33. The Kier molecular flexibility index (Phi) is 3.05. The Morgan fingerprint density at radius 2 is 2.32 bits per heavy atom. The summed E-state index contributed by atoms with van der Waals surface area (Å²) in [6.45, 7) is 1.89. The van der Waals surface area contributed by atoms with Crippen molar-refractivity contribution < 1.29 is 4.79 Å². The second-order valence-corrected chi connectivity index (χ2v) is 4.75. The Bertz CT molecular complexity index is 618. The molecule has 1 amide bonds. The van der Waals surface area contributed by atoms with Gasteiger partial charge in [0.1, 0.15) is 5.69 Å². The van der Waals surface area contributed by atoms with Crippen LogP contribution in [-0.4, -0.2) is 22.0 Å². The highest BCUT2D eigenvalue weighted by Crippen LogP contribution is 2.19. The molecule has 98 valence electrons. The van der Waals surface area contributed by atoms with Crippen molar-refractivity contribution in [2.75, 3.05) is 11.9 Å². The summed E-state index contributed by atoms with van der Waals surface area (Å²) in [4.78, 5) is 16.0. The van der Waals surface area contributed by atoms with Gasteiger partial charge in [0.15, 0.2) is 0 Å². The van der Waals surface area contributed by atoms with Gasteiger partial charge >= 0.3 is 0 Å². The Labute approximate surface area is 111 Å². The Morgan fingerprint density at radius 3 is 3.11 bits per heavy atom. The highest BCUT2D eigenvalue weighted by molar-refractivity contribution is 6.03.